The number of amides is 1. The molecule has 0 aliphatic rings. The van der Waals surface area contributed by atoms with E-state index in [-0.39, 0.29) is 18.3 Å². The predicted octanol–water partition coefficient (Wildman–Crippen LogP) is 2.35. The Bertz CT molecular complexity index is 758. The Labute approximate surface area is 147 Å². The molecule has 0 unspecified atom stereocenters. The summed E-state index contributed by atoms with van der Waals surface area (Å²) in [4.78, 5) is 16.0. The van der Waals surface area contributed by atoms with Gasteiger partial charge in [-0.3, -0.25) is 9.78 Å². The zero-order valence-electron chi connectivity index (χ0n) is 12.7. The molecule has 0 fully saturated rings. The Morgan fingerprint density at radius 2 is 2.00 bits per heavy atom. The van der Waals surface area contributed by atoms with Gasteiger partial charge in [0.05, 0.1) is 18.0 Å². The minimum atomic E-state index is -0.350. The molecule has 0 radical (unpaired) electrons. The third-order valence-electron chi connectivity index (χ3n) is 3.28. The lowest BCUT2D eigenvalue weighted by Crippen LogP contribution is -2.20. The molecular weight excluding hydrogens is 409 g/mol. The quantitative estimate of drug-likeness (QED) is 0.398. The van der Waals surface area contributed by atoms with Gasteiger partial charge < -0.3 is 10.2 Å². The van der Waals surface area contributed by atoms with Crippen LogP contribution in [0.15, 0.2) is 35.6 Å². The molecule has 1 heterocycles. The number of aromatic nitrogens is 1. The molecule has 0 saturated carbocycles. The highest BCUT2D eigenvalue weighted by Gasteiger charge is 2.14. The highest BCUT2D eigenvalue weighted by Crippen LogP contribution is 2.24. The molecule has 3 N–H and O–H groups in total. The summed E-state index contributed by atoms with van der Waals surface area (Å²) in [5, 5.41) is 23.5. The highest BCUT2D eigenvalue weighted by molar-refractivity contribution is 14.1. The molecule has 23 heavy (non-hydrogen) atoms. The van der Waals surface area contributed by atoms with Gasteiger partial charge in [0.1, 0.15) is 5.75 Å². The molecular formula is C16H16IN3O3. The van der Waals surface area contributed by atoms with E-state index >= 15 is 0 Å². The van der Waals surface area contributed by atoms with Crippen molar-refractivity contribution in [2.45, 2.75) is 20.5 Å². The number of pyridine rings is 1. The van der Waals surface area contributed by atoms with Crippen LogP contribution in [0, 0.1) is 10.5 Å². The second-order valence-corrected chi connectivity index (χ2v) is 6.14. The van der Waals surface area contributed by atoms with Gasteiger partial charge in [0.2, 0.25) is 0 Å². The number of hydrogen-bond donors (Lipinski definition) is 3. The summed E-state index contributed by atoms with van der Waals surface area (Å²) in [6, 6.07) is 7.06. The van der Waals surface area contributed by atoms with Crippen LogP contribution in [0.5, 0.6) is 5.75 Å². The van der Waals surface area contributed by atoms with Crippen molar-refractivity contribution in [3.63, 3.8) is 0 Å². The minimum Gasteiger partial charge on any atom is -0.505 e. The first kappa shape index (κ1) is 17.4. The monoisotopic (exact) mass is 425 g/mol. The fourth-order valence-corrected chi connectivity index (χ4v) is 2.37. The number of nitrogens with one attached hydrogen (secondary N) is 1. The maximum Gasteiger partial charge on any atom is 0.271 e. The number of rotatable bonds is 4. The molecule has 0 spiro atoms. The number of hydrogen-bond acceptors (Lipinski definition) is 5. The number of aromatic hydroxyl groups is 1. The van der Waals surface area contributed by atoms with Crippen molar-refractivity contribution >= 4 is 34.2 Å². The molecule has 2 aromatic rings. The molecule has 0 aliphatic carbocycles. The first-order chi connectivity index (χ1) is 10.9. The van der Waals surface area contributed by atoms with E-state index in [9.17, 15) is 15.0 Å². The lowest BCUT2D eigenvalue weighted by Gasteiger charge is -2.11. The van der Waals surface area contributed by atoms with E-state index in [4.69, 9.17) is 0 Å². The number of carbonyl (C=O) groups is 1. The minimum absolute atomic E-state index is 0.0543. The van der Waals surface area contributed by atoms with Gasteiger partial charge in [0, 0.05) is 26.5 Å². The van der Waals surface area contributed by atoms with Crippen molar-refractivity contribution in [2.75, 3.05) is 0 Å². The van der Waals surface area contributed by atoms with Crippen LogP contribution in [0.25, 0.3) is 0 Å². The van der Waals surface area contributed by atoms with Gasteiger partial charge in [-0.1, -0.05) is 0 Å². The van der Waals surface area contributed by atoms with E-state index in [0.717, 1.165) is 3.57 Å². The fraction of sp³-hybridized carbons (Fsp3) is 0.188. The molecule has 2 rings (SSSR count). The van der Waals surface area contributed by atoms with Crippen LogP contribution in [-0.2, 0) is 6.61 Å². The van der Waals surface area contributed by atoms with E-state index in [1.54, 1.807) is 26.0 Å². The van der Waals surface area contributed by atoms with Crippen LogP contribution in [0.3, 0.4) is 0 Å². The van der Waals surface area contributed by atoms with Crippen molar-refractivity contribution in [3.05, 3.63) is 56.4 Å². The Balaban J connectivity index is 2.25. The van der Waals surface area contributed by atoms with Gasteiger partial charge in [-0.05, 0) is 60.7 Å². The van der Waals surface area contributed by atoms with Gasteiger partial charge in [0.15, 0.2) is 0 Å². The van der Waals surface area contributed by atoms with E-state index in [0.29, 0.717) is 28.1 Å². The normalized spacial score (nSPS) is 11.4. The molecule has 1 aromatic carbocycles. The van der Waals surface area contributed by atoms with Crippen LogP contribution < -0.4 is 5.43 Å². The molecule has 0 saturated heterocycles. The maximum atomic E-state index is 12.1. The molecule has 0 aliphatic heterocycles. The standard InChI is InChI=1S/C16H16IN3O3/c1-9(14-12(8-21)7-18-10(2)15(14)22)19-20-16(23)11-3-5-13(17)6-4-11/h3-7,21-22H,8H2,1-2H3,(H,20,23)/b19-9+. The molecule has 0 bridgehead atoms. The average Bonchev–Trinajstić information content (AvgIpc) is 2.55. The SMILES string of the molecule is C/C(=N\NC(=O)c1ccc(I)cc1)c1c(CO)cnc(C)c1O. The first-order valence-electron chi connectivity index (χ1n) is 6.83. The van der Waals surface area contributed by atoms with Crippen molar-refractivity contribution in [3.8, 4) is 5.75 Å². The van der Waals surface area contributed by atoms with Crippen LogP contribution >= 0.6 is 22.6 Å². The molecule has 6 nitrogen and oxygen atoms in total. The van der Waals surface area contributed by atoms with Gasteiger partial charge in [-0.25, -0.2) is 5.43 Å². The van der Waals surface area contributed by atoms with Gasteiger partial charge in [0.25, 0.3) is 5.91 Å². The number of aryl methyl sites for hydroxylation is 1. The number of hydrazone groups is 1. The summed E-state index contributed by atoms with van der Waals surface area (Å²) in [6.07, 6.45) is 1.48. The van der Waals surface area contributed by atoms with E-state index in [1.807, 2.05) is 12.1 Å². The molecule has 120 valence electrons. The predicted molar refractivity (Wildman–Crippen MR) is 95.4 cm³/mol. The number of aliphatic hydroxyl groups is 1. The number of halogens is 1. The lowest BCUT2D eigenvalue weighted by molar-refractivity contribution is 0.0955. The van der Waals surface area contributed by atoms with E-state index in [2.05, 4.69) is 38.1 Å². The van der Waals surface area contributed by atoms with Crippen LogP contribution in [0.4, 0.5) is 0 Å². The highest BCUT2D eigenvalue weighted by atomic mass is 127. The number of aliphatic hydroxyl groups excluding tert-OH is 1. The van der Waals surface area contributed by atoms with Crippen LogP contribution in [0.2, 0.25) is 0 Å². The second kappa shape index (κ2) is 7.51. The summed E-state index contributed by atoms with van der Waals surface area (Å²) in [5.74, 6) is -0.405. The van der Waals surface area contributed by atoms with Gasteiger partial charge in [-0.15, -0.1) is 0 Å². The Morgan fingerprint density at radius 3 is 2.61 bits per heavy atom. The number of nitrogens with zero attached hydrogens (tertiary/aromatic N) is 2. The average molecular weight is 425 g/mol. The van der Waals surface area contributed by atoms with Crippen molar-refractivity contribution in [1.29, 1.82) is 0 Å². The van der Waals surface area contributed by atoms with Crippen molar-refractivity contribution in [2.24, 2.45) is 5.10 Å². The molecule has 7 heteroatoms. The van der Waals surface area contributed by atoms with Crippen molar-refractivity contribution in [1.82, 2.24) is 10.4 Å². The summed E-state index contributed by atoms with van der Waals surface area (Å²) >= 11 is 2.16. The van der Waals surface area contributed by atoms with E-state index in [1.165, 1.54) is 6.20 Å². The van der Waals surface area contributed by atoms with Gasteiger partial charge >= 0.3 is 0 Å². The number of carbonyl (C=O) groups excluding carboxylic acids is 1. The molecule has 1 aromatic heterocycles. The third-order valence-corrected chi connectivity index (χ3v) is 4.00. The topological polar surface area (TPSA) is 94.8 Å². The number of benzene rings is 1. The summed E-state index contributed by atoms with van der Waals surface area (Å²) in [5.41, 5.74) is 4.57. The second-order valence-electron chi connectivity index (χ2n) is 4.90. The Morgan fingerprint density at radius 1 is 1.35 bits per heavy atom. The zero-order valence-corrected chi connectivity index (χ0v) is 14.8. The van der Waals surface area contributed by atoms with Crippen molar-refractivity contribution < 1.29 is 15.0 Å². The summed E-state index contributed by atoms with van der Waals surface area (Å²) in [7, 11) is 0. The lowest BCUT2D eigenvalue weighted by atomic mass is 10.0. The fourth-order valence-electron chi connectivity index (χ4n) is 2.01. The third kappa shape index (κ3) is 4.05. The summed E-state index contributed by atoms with van der Waals surface area (Å²) in [6.45, 7) is 3.01. The van der Waals surface area contributed by atoms with E-state index < -0.39 is 0 Å². The first-order valence-corrected chi connectivity index (χ1v) is 7.90. The smallest absolute Gasteiger partial charge is 0.271 e. The summed E-state index contributed by atoms with van der Waals surface area (Å²) < 4.78 is 1.03. The molecule has 0 atom stereocenters. The largest absolute Gasteiger partial charge is 0.505 e. The Hall–Kier alpha value is -2.00. The molecule has 1 amide bonds. The zero-order chi connectivity index (χ0) is 17.0. The maximum absolute atomic E-state index is 12.1. The Kier molecular flexibility index (Phi) is 5.67. The van der Waals surface area contributed by atoms with Crippen LogP contribution in [0.1, 0.15) is 34.1 Å². The van der Waals surface area contributed by atoms with Crippen LogP contribution in [-0.4, -0.2) is 26.8 Å². The van der Waals surface area contributed by atoms with Gasteiger partial charge in [-0.2, -0.15) is 5.10 Å².